The summed E-state index contributed by atoms with van der Waals surface area (Å²) in [5.74, 6) is -0.876. The van der Waals surface area contributed by atoms with Crippen molar-refractivity contribution in [2.24, 2.45) is 4.99 Å². The van der Waals surface area contributed by atoms with Gasteiger partial charge in [0.1, 0.15) is 0 Å². The molecule has 0 amide bonds. The third kappa shape index (κ3) is 3.48. The van der Waals surface area contributed by atoms with Crippen LogP contribution in [-0.4, -0.2) is 11.5 Å². The molecule has 5 heteroatoms. The van der Waals surface area contributed by atoms with Gasteiger partial charge in [0, 0.05) is 11.1 Å². The number of aliphatic imine (C=N–C) groups is 1. The van der Waals surface area contributed by atoms with E-state index in [1.807, 2.05) is 44.2 Å². The molecule has 3 aromatic carbocycles. The normalized spacial score (nSPS) is 17.6. The van der Waals surface area contributed by atoms with Crippen molar-refractivity contribution in [3.63, 3.8) is 0 Å². The van der Waals surface area contributed by atoms with Gasteiger partial charge in [0.25, 0.3) is 0 Å². The molecule has 4 rings (SSSR count). The van der Waals surface area contributed by atoms with E-state index in [4.69, 9.17) is 4.99 Å². The Bertz CT molecular complexity index is 1130. The van der Waals surface area contributed by atoms with Crippen molar-refractivity contribution in [3.05, 3.63) is 100 Å². The van der Waals surface area contributed by atoms with Crippen LogP contribution in [0.5, 0.6) is 0 Å². The third-order valence-corrected chi connectivity index (χ3v) is 5.18. The summed E-state index contributed by atoms with van der Waals surface area (Å²) in [4.78, 5) is 17.9. The van der Waals surface area contributed by atoms with Crippen LogP contribution in [0.25, 0.3) is 0 Å². The van der Waals surface area contributed by atoms with Gasteiger partial charge in [-0.15, -0.1) is 0 Å². The fourth-order valence-corrected chi connectivity index (χ4v) is 3.62. The Labute approximate surface area is 166 Å². The highest BCUT2D eigenvalue weighted by Crippen LogP contribution is 2.38. The second-order valence-electron chi connectivity index (χ2n) is 7.25. The lowest BCUT2D eigenvalue weighted by Gasteiger charge is -2.14. The number of alkyl halides is 3. The first-order valence-corrected chi connectivity index (χ1v) is 9.22. The summed E-state index contributed by atoms with van der Waals surface area (Å²) < 4.78 is 38.8. The summed E-state index contributed by atoms with van der Waals surface area (Å²) in [6, 6.07) is 17.8. The zero-order valence-electron chi connectivity index (χ0n) is 15.9. The first kappa shape index (κ1) is 19.1. The van der Waals surface area contributed by atoms with E-state index in [-0.39, 0.29) is 5.78 Å². The lowest BCUT2D eigenvalue weighted by Crippen LogP contribution is -2.14. The number of ketones is 1. The molecule has 0 aromatic heterocycles. The molecule has 0 saturated heterocycles. The molecule has 0 aliphatic heterocycles. The van der Waals surface area contributed by atoms with Crippen LogP contribution < -0.4 is 0 Å². The summed E-state index contributed by atoms with van der Waals surface area (Å²) in [6.45, 7) is 3.90. The number of hydrogen-bond acceptors (Lipinski definition) is 2. The summed E-state index contributed by atoms with van der Waals surface area (Å²) >= 11 is 0. The van der Waals surface area contributed by atoms with Crippen molar-refractivity contribution in [2.75, 3.05) is 0 Å². The number of carbonyl (C=O) groups excluding carboxylic acids is 1. The number of fused-ring (bicyclic) bond motifs is 1. The van der Waals surface area contributed by atoms with Gasteiger partial charge in [-0.3, -0.25) is 9.79 Å². The maximum Gasteiger partial charge on any atom is 0.416 e. The van der Waals surface area contributed by atoms with Gasteiger partial charge < -0.3 is 0 Å². The molecular weight excluding hydrogens is 375 g/mol. The Hall–Kier alpha value is -3.21. The second-order valence-corrected chi connectivity index (χ2v) is 7.25. The molecule has 0 fully saturated rings. The standard InChI is InChI=1S/C24H18F3NO/c1-14-7-8-15(2)20(13-14)28-22-18-5-3-4-6-19(18)23(29)21(22)16-9-11-17(12-10-16)24(25,26)27/h3-13,21H,1-2H3. The average molecular weight is 393 g/mol. The fraction of sp³-hybridized carbons (Fsp3) is 0.167. The molecule has 0 saturated carbocycles. The predicted molar refractivity (Wildman–Crippen MR) is 107 cm³/mol. The molecule has 146 valence electrons. The van der Waals surface area contributed by atoms with E-state index in [1.165, 1.54) is 12.1 Å². The minimum atomic E-state index is -4.42. The highest BCUT2D eigenvalue weighted by molar-refractivity contribution is 6.32. The lowest BCUT2D eigenvalue weighted by atomic mass is 9.92. The van der Waals surface area contributed by atoms with Crippen molar-refractivity contribution in [2.45, 2.75) is 25.9 Å². The van der Waals surface area contributed by atoms with Gasteiger partial charge in [-0.1, -0.05) is 48.5 Å². The van der Waals surface area contributed by atoms with Crippen molar-refractivity contribution >= 4 is 17.2 Å². The molecule has 0 heterocycles. The van der Waals surface area contributed by atoms with E-state index >= 15 is 0 Å². The minimum Gasteiger partial charge on any atom is -0.293 e. The van der Waals surface area contributed by atoms with Crippen LogP contribution in [0.4, 0.5) is 18.9 Å². The first-order valence-electron chi connectivity index (χ1n) is 9.22. The molecule has 0 bridgehead atoms. The smallest absolute Gasteiger partial charge is 0.293 e. The molecule has 0 radical (unpaired) electrons. The second kappa shape index (κ2) is 6.99. The Morgan fingerprint density at radius 2 is 1.52 bits per heavy atom. The largest absolute Gasteiger partial charge is 0.416 e. The summed E-state index contributed by atoms with van der Waals surface area (Å²) in [5, 5.41) is 0. The average Bonchev–Trinajstić information content (AvgIpc) is 2.96. The number of hydrogen-bond donors (Lipinski definition) is 0. The highest BCUT2D eigenvalue weighted by atomic mass is 19.4. The molecule has 2 nitrogen and oxygen atoms in total. The van der Waals surface area contributed by atoms with Crippen LogP contribution in [0.2, 0.25) is 0 Å². The number of Topliss-reactive ketones (excluding diaryl/α,β-unsaturated/α-hetero) is 1. The third-order valence-electron chi connectivity index (χ3n) is 5.18. The van der Waals surface area contributed by atoms with Gasteiger partial charge in [-0.05, 0) is 48.7 Å². The molecule has 1 atom stereocenters. The topological polar surface area (TPSA) is 29.4 Å². The maximum atomic E-state index is 13.1. The van der Waals surface area contributed by atoms with E-state index in [0.29, 0.717) is 16.8 Å². The molecule has 1 unspecified atom stereocenters. The number of benzene rings is 3. The molecule has 1 aliphatic rings. The van der Waals surface area contributed by atoms with Crippen molar-refractivity contribution in [1.82, 2.24) is 0 Å². The Balaban J connectivity index is 1.87. The fourth-order valence-electron chi connectivity index (χ4n) is 3.62. The van der Waals surface area contributed by atoms with Crippen molar-refractivity contribution < 1.29 is 18.0 Å². The van der Waals surface area contributed by atoms with Gasteiger partial charge in [-0.2, -0.15) is 13.2 Å². The van der Waals surface area contributed by atoms with Crippen LogP contribution in [-0.2, 0) is 6.18 Å². The van der Waals surface area contributed by atoms with E-state index < -0.39 is 17.7 Å². The van der Waals surface area contributed by atoms with Gasteiger partial charge in [-0.25, -0.2) is 0 Å². The zero-order chi connectivity index (χ0) is 20.8. The van der Waals surface area contributed by atoms with Gasteiger partial charge in [0.2, 0.25) is 0 Å². The molecule has 0 spiro atoms. The number of rotatable bonds is 2. The van der Waals surface area contributed by atoms with E-state index in [0.717, 1.165) is 34.5 Å². The quantitative estimate of drug-likeness (QED) is 0.494. The number of carbonyl (C=O) groups is 1. The summed E-state index contributed by atoms with van der Waals surface area (Å²) in [5.41, 5.74) is 4.36. The zero-order valence-corrected chi connectivity index (χ0v) is 15.9. The van der Waals surface area contributed by atoms with Crippen LogP contribution in [0.1, 0.15) is 44.1 Å². The van der Waals surface area contributed by atoms with Crippen LogP contribution in [0.3, 0.4) is 0 Å². The van der Waals surface area contributed by atoms with E-state index in [2.05, 4.69) is 0 Å². The maximum absolute atomic E-state index is 13.1. The van der Waals surface area contributed by atoms with Crippen LogP contribution in [0.15, 0.2) is 71.7 Å². The molecule has 0 N–H and O–H groups in total. The SMILES string of the molecule is Cc1ccc(C)c(N=C2c3ccccc3C(=O)C2c2ccc(C(F)(F)F)cc2)c1. The molecule has 29 heavy (non-hydrogen) atoms. The Morgan fingerprint density at radius 3 is 2.17 bits per heavy atom. The van der Waals surface area contributed by atoms with Gasteiger partial charge in [0.05, 0.1) is 22.9 Å². The number of nitrogens with zero attached hydrogens (tertiary/aromatic N) is 1. The Morgan fingerprint density at radius 1 is 0.862 bits per heavy atom. The lowest BCUT2D eigenvalue weighted by molar-refractivity contribution is -0.137. The summed E-state index contributed by atoms with van der Waals surface area (Å²) in [7, 11) is 0. The van der Waals surface area contributed by atoms with Crippen molar-refractivity contribution in [1.29, 1.82) is 0 Å². The number of aryl methyl sites for hydroxylation is 2. The predicted octanol–water partition coefficient (Wildman–Crippen LogP) is 6.42. The summed E-state index contributed by atoms with van der Waals surface area (Å²) in [6.07, 6.45) is -4.42. The van der Waals surface area contributed by atoms with Crippen LogP contribution in [0, 0.1) is 13.8 Å². The number of halogens is 3. The minimum absolute atomic E-state index is 0.149. The van der Waals surface area contributed by atoms with Gasteiger partial charge >= 0.3 is 6.18 Å². The molecule has 3 aromatic rings. The molecule has 1 aliphatic carbocycles. The molecular formula is C24H18F3NO. The van der Waals surface area contributed by atoms with E-state index in [9.17, 15) is 18.0 Å². The van der Waals surface area contributed by atoms with E-state index in [1.54, 1.807) is 12.1 Å². The monoisotopic (exact) mass is 393 g/mol. The first-order chi connectivity index (χ1) is 13.8. The Kier molecular flexibility index (Phi) is 4.61. The van der Waals surface area contributed by atoms with Crippen LogP contribution >= 0.6 is 0 Å². The van der Waals surface area contributed by atoms with Crippen molar-refractivity contribution in [3.8, 4) is 0 Å². The highest BCUT2D eigenvalue weighted by Gasteiger charge is 2.38. The van der Waals surface area contributed by atoms with Gasteiger partial charge in [0.15, 0.2) is 5.78 Å².